The maximum atomic E-state index is 11.2. The van der Waals surface area contributed by atoms with Crippen LogP contribution in [0.2, 0.25) is 0 Å². The topological polar surface area (TPSA) is 22.0 Å². The SMILES string of the molecule is O=c1ccc(Br)cn1CCCS. The summed E-state index contributed by atoms with van der Waals surface area (Å²) in [7, 11) is 0. The molecule has 0 spiro atoms. The standard InChI is InChI=1S/C8H10BrNOS/c9-7-2-3-8(11)10(6-7)4-1-5-12/h2-3,6,12H,1,4-5H2. The summed E-state index contributed by atoms with van der Waals surface area (Å²) in [4.78, 5) is 11.2. The van der Waals surface area contributed by atoms with Gasteiger partial charge in [0.25, 0.3) is 5.56 Å². The van der Waals surface area contributed by atoms with Crippen molar-refractivity contribution in [2.45, 2.75) is 13.0 Å². The minimum Gasteiger partial charge on any atom is -0.314 e. The van der Waals surface area contributed by atoms with Gasteiger partial charge < -0.3 is 4.57 Å². The van der Waals surface area contributed by atoms with Gasteiger partial charge in [0.2, 0.25) is 0 Å². The summed E-state index contributed by atoms with van der Waals surface area (Å²) < 4.78 is 2.61. The Morgan fingerprint density at radius 1 is 1.50 bits per heavy atom. The maximum absolute atomic E-state index is 11.2. The zero-order valence-electron chi connectivity index (χ0n) is 6.53. The van der Waals surface area contributed by atoms with E-state index in [0.29, 0.717) is 0 Å². The second-order valence-electron chi connectivity index (χ2n) is 2.46. The van der Waals surface area contributed by atoms with Crippen LogP contribution in [0.25, 0.3) is 0 Å². The largest absolute Gasteiger partial charge is 0.314 e. The first-order chi connectivity index (χ1) is 5.74. The number of pyridine rings is 1. The number of hydrogen-bond donors (Lipinski definition) is 1. The average molecular weight is 248 g/mol. The van der Waals surface area contributed by atoms with Crippen LogP contribution in [0.5, 0.6) is 0 Å². The summed E-state index contributed by atoms with van der Waals surface area (Å²) in [6.45, 7) is 0.738. The summed E-state index contributed by atoms with van der Waals surface area (Å²) in [5.41, 5.74) is 0.0417. The molecule has 0 aliphatic rings. The molecule has 0 aromatic carbocycles. The van der Waals surface area contributed by atoms with E-state index >= 15 is 0 Å². The van der Waals surface area contributed by atoms with E-state index in [-0.39, 0.29) is 5.56 Å². The van der Waals surface area contributed by atoms with Crippen LogP contribution in [0, 0.1) is 0 Å². The molecule has 4 heteroatoms. The molecule has 0 aliphatic carbocycles. The number of thiol groups is 1. The molecule has 0 bridgehead atoms. The molecule has 0 fully saturated rings. The third kappa shape index (κ3) is 2.68. The highest BCUT2D eigenvalue weighted by Gasteiger charge is 1.94. The molecule has 0 aliphatic heterocycles. The minimum atomic E-state index is 0.0417. The van der Waals surface area contributed by atoms with Gasteiger partial charge in [0, 0.05) is 23.3 Å². The van der Waals surface area contributed by atoms with E-state index < -0.39 is 0 Å². The number of hydrogen-bond acceptors (Lipinski definition) is 2. The van der Waals surface area contributed by atoms with Crippen LogP contribution in [-0.2, 0) is 6.54 Å². The zero-order chi connectivity index (χ0) is 8.97. The Kier molecular flexibility index (Phi) is 3.88. The molecule has 0 N–H and O–H groups in total. The molecule has 0 saturated heterocycles. The second-order valence-corrected chi connectivity index (χ2v) is 3.82. The maximum Gasteiger partial charge on any atom is 0.250 e. The van der Waals surface area contributed by atoms with Crippen LogP contribution < -0.4 is 5.56 Å². The predicted molar refractivity (Wildman–Crippen MR) is 56.9 cm³/mol. The van der Waals surface area contributed by atoms with Crippen LogP contribution in [0.4, 0.5) is 0 Å². The van der Waals surface area contributed by atoms with Gasteiger partial charge in [0.15, 0.2) is 0 Å². The molecular weight excluding hydrogens is 238 g/mol. The Hall–Kier alpha value is -0.220. The molecular formula is C8H10BrNOS. The number of aryl methyl sites for hydroxylation is 1. The van der Waals surface area contributed by atoms with Gasteiger partial charge in [-0.2, -0.15) is 12.6 Å². The summed E-state index contributed by atoms with van der Waals surface area (Å²) in [5.74, 6) is 0.805. The van der Waals surface area contributed by atoms with Crippen molar-refractivity contribution in [2.75, 3.05) is 5.75 Å². The van der Waals surface area contributed by atoms with Gasteiger partial charge in [-0.05, 0) is 34.2 Å². The van der Waals surface area contributed by atoms with Gasteiger partial charge in [0.1, 0.15) is 0 Å². The highest BCUT2D eigenvalue weighted by molar-refractivity contribution is 9.10. The molecule has 0 radical (unpaired) electrons. The summed E-state index contributed by atoms with van der Waals surface area (Å²) in [5, 5.41) is 0. The first kappa shape index (κ1) is 9.86. The lowest BCUT2D eigenvalue weighted by Crippen LogP contribution is -2.18. The lowest BCUT2D eigenvalue weighted by atomic mass is 10.4. The first-order valence-corrected chi connectivity index (χ1v) is 5.13. The van der Waals surface area contributed by atoms with E-state index in [1.165, 1.54) is 0 Å². The van der Waals surface area contributed by atoms with Crippen LogP contribution in [-0.4, -0.2) is 10.3 Å². The van der Waals surface area contributed by atoms with Crippen molar-refractivity contribution >= 4 is 28.6 Å². The van der Waals surface area contributed by atoms with Gasteiger partial charge in [-0.15, -0.1) is 0 Å². The summed E-state index contributed by atoms with van der Waals surface area (Å²) >= 11 is 7.39. The summed E-state index contributed by atoms with van der Waals surface area (Å²) in [6, 6.07) is 3.31. The average Bonchev–Trinajstić information content (AvgIpc) is 2.07. The van der Waals surface area contributed by atoms with Crippen molar-refractivity contribution in [3.05, 3.63) is 33.2 Å². The van der Waals surface area contributed by atoms with Gasteiger partial charge >= 0.3 is 0 Å². The molecule has 1 aromatic rings. The Labute approximate surface area is 85.1 Å². The molecule has 66 valence electrons. The zero-order valence-corrected chi connectivity index (χ0v) is 9.01. The van der Waals surface area contributed by atoms with Crippen molar-refractivity contribution < 1.29 is 0 Å². The molecule has 1 heterocycles. The third-order valence-corrected chi connectivity index (χ3v) is 2.29. The number of rotatable bonds is 3. The molecule has 12 heavy (non-hydrogen) atoms. The fraction of sp³-hybridized carbons (Fsp3) is 0.375. The Morgan fingerprint density at radius 3 is 2.92 bits per heavy atom. The smallest absolute Gasteiger partial charge is 0.250 e. The van der Waals surface area contributed by atoms with Crippen molar-refractivity contribution in [3.8, 4) is 0 Å². The normalized spacial score (nSPS) is 10.2. The third-order valence-electron chi connectivity index (χ3n) is 1.50. The molecule has 2 nitrogen and oxygen atoms in total. The van der Waals surface area contributed by atoms with Crippen molar-refractivity contribution in [1.82, 2.24) is 4.57 Å². The van der Waals surface area contributed by atoms with Crippen LogP contribution in [0.1, 0.15) is 6.42 Å². The highest BCUT2D eigenvalue weighted by atomic mass is 79.9. The van der Waals surface area contributed by atoms with Crippen LogP contribution >= 0.6 is 28.6 Å². The lowest BCUT2D eigenvalue weighted by Gasteiger charge is -2.03. The van der Waals surface area contributed by atoms with Crippen molar-refractivity contribution in [2.24, 2.45) is 0 Å². The quantitative estimate of drug-likeness (QED) is 0.811. The molecule has 1 aromatic heterocycles. The fourth-order valence-corrected chi connectivity index (χ4v) is 1.44. The monoisotopic (exact) mass is 247 g/mol. The van der Waals surface area contributed by atoms with Crippen molar-refractivity contribution in [3.63, 3.8) is 0 Å². The van der Waals surface area contributed by atoms with Gasteiger partial charge in [0.05, 0.1) is 0 Å². The molecule has 0 amide bonds. The van der Waals surface area contributed by atoms with Gasteiger partial charge in [-0.25, -0.2) is 0 Å². The van der Waals surface area contributed by atoms with Gasteiger partial charge in [-0.3, -0.25) is 4.79 Å². The van der Waals surface area contributed by atoms with E-state index in [1.807, 2.05) is 0 Å². The molecule has 0 atom stereocenters. The van der Waals surface area contributed by atoms with E-state index in [1.54, 1.807) is 22.9 Å². The fourth-order valence-electron chi connectivity index (χ4n) is 0.918. The van der Waals surface area contributed by atoms with Gasteiger partial charge in [-0.1, -0.05) is 0 Å². The minimum absolute atomic E-state index is 0.0417. The lowest BCUT2D eigenvalue weighted by molar-refractivity contribution is 0.657. The van der Waals surface area contributed by atoms with Crippen molar-refractivity contribution in [1.29, 1.82) is 0 Å². The van der Waals surface area contributed by atoms with Crippen LogP contribution in [0.3, 0.4) is 0 Å². The number of halogens is 1. The van der Waals surface area contributed by atoms with E-state index in [0.717, 1.165) is 23.2 Å². The Balaban J connectivity index is 2.83. The molecule has 0 saturated carbocycles. The van der Waals surface area contributed by atoms with E-state index in [9.17, 15) is 4.79 Å². The Morgan fingerprint density at radius 2 is 2.25 bits per heavy atom. The molecule has 1 rings (SSSR count). The first-order valence-electron chi connectivity index (χ1n) is 3.71. The summed E-state index contributed by atoms with van der Waals surface area (Å²) in [6.07, 6.45) is 2.71. The predicted octanol–water partition coefficient (Wildman–Crippen LogP) is 1.93. The number of aromatic nitrogens is 1. The van der Waals surface area contributed by atoms with E-state index in [4.69, 9.17) is 0 Å². The molecule has 0 unspecified atom stereocenters. The van der Waals surface area contributed by atoms with E-state index in [2.05, 4.69) is 28.6 Å². The Bertz CT molecular complexity index is 310. The highest BCUT2D eigenvalue weighted by Crippen LogP contribution is 2.05. The number of nitrogens with zero attached hydrogens (tertiary/aromatic N) is 1. The second kappa shape index (κ2) is 4.72. The van der Waals surface area contributed by atoms with Crippen LogP contribution in [0.15, 0.2) is 27.6 Å².